The number of hydrogen-bond acceptors (Lipinski definition) is 23. The molecule has 1 N–H and O–H groups in total. The number of nitrogens with zero attached hydrogens (tertiary/aromatic N) is 14. The van der Waals surface area contributed by atoms with E-state index in [1.807, 2.05) is 39.0 Å². The molecule has 0 fully saturated rings. The van der Waals surface area contributed by atoms with E-state index in [1.165, 1.54) is 41.7 Å². The highest BCUT2D eigenvalue weighted by Crippen LogP contribution is 2.36. The van der Waals surface area contributed by atoms with Crippen molar-refractivity contribution in [3.63, 3.8) is 0 Å². The summed E-state index contributed by atoms with van der Waals surface area (Å²) in [5, 5.41) is 0. The van der Waals surface area contributed by atoms with Crippen molar-refractivity contribution in [2.75, 3.05) is 33.0 Å². The zero-order valence-electron chi connectivity index (χ0n) is 63.7. The summed E-state index contributed by atoms with van der Waals surface area (Å²) in [6.07, 6.45) is 3.26. The summed E-state index contributed by atoms with van der Waals surface area (Å²) in [6.45, 7) is 39.7. The molecule has 588 valence electrons. The van der Waals surface area contributed by atoms with E-state index in [4.69, 9.17) is 52.5 Å². The molecule has 109 heavy (non-hydrogen) atoms. The lowest BCUT2D eigenvalue weighted by Gasteiger charge is -2.18. The van der Waals surface area contributed by atoms with Crippen LogP contribution in [0, 0.1) is 37.0 Å². The summed E-state index contributed by atoms with van der Waals surface area (Å²) in [4.78, 5) is 102. The molecule has 0 unspecified atom stereocenters. The van der Waals surface area contributed by atoms with Gasteiger partial charge in [-0.15, -0.1) is 0 Å². The largest absolute Gasteiger partial charge is 0.477 e. The number of H-pyrrole nitrogens is 1. The van der Waals surface area contributed by atoms with Gasteiger partial charge in [-0.05, 0) is 65.8 Å². The molecule has 0 atom stereocenters. The van der Waals surface area contributed by atoms with Gasteiger partial charge in [0.15, 0.2) is 23.2 Å². The second-order valence-corrected chi connectivity index (χ2v) is 41.6. The predicted octanol–water partition coefficient (Wildman–Crippen LogP) is 15.9. The topological polar surface area (TPSA) is 329 Å². The average molecular weight is 1570 g/mol. The van der Waals surface area contributed by atoms with Crippen molar-refractivity contribution in [3.05, 3.63) is 126 Å². The molecule has 0 amide bonds. The van der Waals surface area contributed by atoms with Gasteiger partial charge in [0.2, 0.25) is 17.6 Å². The summed E-state index contributed by atoms with van der Waals surface area (Å²) in [6, 6.07) is 7.23. The van der Waals surface area contributed by atoms with Gasteiger partial charge in [-0.25, -0.2) is 44.9 Å². The Morgan fingerprint density at radius 1 is 0.413 bits per heavy atom. The number of carbonyl (C=O) groups excluding carboxylic acids is 6. The van der Waals surface area contributed by atoms with Crippen molar-refractivity contribution >= 4 is 34.6 Å². The first-order chi connectivity index (χ1) is 50.5. The molecule has 26 nitrogen and oxygen atoms in total. The van der Waals surface area contributed by atoms with Crippen molar-refractivity contribution < 1.29 is 92.0 Å². The van der Waals surface area contributed by atoms with Crippen LogP contribution in [0.4, 0.5) is 39.5 Å². The van der Waals surface area contributed by atoms with E-state index in [1.54, 1.807) is 18.6 Å². The lowest BCUT2D eigenvalue weighted by atomic mass is 9.99. The smallest absolute Gasteiger partial charge is 0.434 e. The van der Waals surface area contributed by atoms with Crippen LogP contribution in [0.3, 0.4) is 0 Å². The van der Waals surface area contributed by atoms with Crippen LogP contribution in [0.25, 0.3) is 68.3 Å². The fourth-order valence-corrected chi connectivity index (χ4v) is 10.2. The van der Waals surface area contributed by atoms with Crippen molar-refractivity contribution in [1.29, 1.82) is 0 Å². The summed E-state index contributed by atoms with van der Waals surface area (Å²) in [5.74, 6) is 1.67. The average Bonchev–Trinajstić information content (AvgIpc) is 1.70. The molecule has 0 saturated heterocycles. The minimum absolute atomic E-state index is 0.00655. The Hall–Kier alpha value is -10.4. The van der Waals surface area contributed by atoms with E-state index in [9.17, 15) is 39.5 Å². The van der Waals surface area contributed by atoms with Gasteiger partial charge in [-0.2, -0.15) is 68.3 Å². The number of ether oxygens (including phenoxy) is 5. The van der Waals surface area contributed by atoms with Crippen LogP contribution in [0.1, 0.15) is 96.1 Å². The van der Waals surface area contributed by atoms with Gasteiger partial charge in [-0.1, -0.05) is 102 Å². The fraction of sp³-hybridized carbons (Fsp3) is 0.458. The van der Waals surface area contributed by atoms with Gasteiger partial charge in [-0.3, -0.25) is 19.5 Å². The van der Waals surface area contributed by atoms with E-state index in [2.05, 4.69) is 166 Å². The van der Waals surface area contributed by atoms with Gasteiger partial charge < -0.3 is 33.2 Å². The highest BCUT2D eigenvalue weighted by Gasteiger charge is 2.38. The molecule has 0 radical (unpaired) electrons. The number of hydrogen-bond donors (Lipinski definition) is 1. The maximum Gasteiger partial charge on any atom is 0.434 e. The Kier molecular flexibility index (Phi) is 33.1. The maximum atomic E-state index is 13.6. The number of nitrogens with one attached hydrogen (secondary N) is 1. The number of aromatic nitrogens is 15. The van der Waals surface area contributed by atoms with Gasteiger partial charge in [0.25, 0.3) is 0 Å². The first-order valence-electron chi connectivity index (χ1n) is 33.3. The minimum Gasteiger partial charge on any atom is -0.477 e. The SMILES string of the molecule is Cc1cc(OCC(C)(C)C)ncc1-c1cnc(-c2nc(C(F)(F)F)cn2COCC[Si](C)(C)C)cn1.Cc1cc(OCC(C)(C)C)ncc1-c1cnc(-c2ncc(C(F)(F)F)[nH]2)cn1.Cc1cc(OCC(C)(C)C)ncc1-c1cnc(-c2ncc(C(F)(F)F)n2COCC[Si](C)(C)C)cn1.O=C=O.O=C=O.O=C=O. The Balaban J connectivity index is 0.000000329. The quantitative estimate of drug-likeness (QED) is 0.0374. The standard InChI is InChI=1S/2C25H34F3N5O2Si.C19H20F3N5O.3CO2/c1-17-10-22(35-15-24(2,3)4)31-11-18(17)19-12-30-20(13-29-19)23-32-21(25(26,27)28)14-33(23)16-34-8-9-36(5,6)7;1-17-10-22(35-15-24(2,3)4)31-11-18(17)19-12-30-20(13-29-19)23-32-14-21(25(26,27)28)33(23)16-34-8-9-36(5,6)7;1-11-5-16(28-10-18(2,3)4)25-6-12(11)13-7-24-14(8-23-13)17-26-9-15(27-17)19(20,21)22;3*2-1-3/h2*10-14H,8-9,15-16H2,1-7H3;5-9H,10H2,1-4H3,(H,26,27);;;. The summed E-state index contributed by atoms with van der Waals surface area (Å²) >= 11 is 0. The molecule has 9 rings (SSSR count). The number of imidazole rings is 3. The molecular formula is C72H88F9N15O11Si2. The monoisotopic (exact) mass is 1570 g/mol. The van der Waals surface area contributed by atoms with Crippen molar-refractivity contribution in [2.45, 2.75) is 166 Å². The number of aromatic amines is 1. The van der Waals surface area contributed by atoms with Crippen molar-refractivity contribution in [2.24, 2.45) is 16.2 Å². The van der Waals surface area contributed by atoms with Crippen molar-refractivity contribution in [3.8, 4) is 86.0 Å². The zero-order chi connectivity index (χ0) is 82.1. The number of alkyl halides is 9. The van der Waals surface area contributed by atoms with Crippen LogP contribution >= 0.6 is 0 Å². The molecular weight excluding hydrogens is 1480 g/mol. The van der Waals surface area contributed by atoms with Crippen LogP contribution in [-0.2, 0) is 70.2 Å². The van der Waals surface area contributed by atoms with Gasteiger partial charge in [0.1, 0.15) is 41.9 Å². The van der Waals surface area contributed by atoms with E-state index in [0.29, 0.717) is 67.8 Å². The van der Waals surface area contributed by atoms with Crippen molar-refractivity contribution in [1.82, 2.24) is 73.9 Å². The van der Waals surface area contributed by atoms with E-state index in [-0.39, 0.29) is 82.7 Å². The van der Waals surface area contributed by atoms with Gasteiger partial charge >= 0.3 is 37.0 Å². The Bertz CT molecular complexity index is 4330. The third-order valence-corrected chi connectivity index (χ3v) is 17.6. The molecule has 37 heteroatoms. The van der Waals surface area contributed by atoms with Crippen LogP contribution in [0.2, 0.25) is 51.4 Å². The molecule has 0 aliphatic heterocycles. The predicted molar refractivity (Wildman–Crippen MR) is 383 cm³/mol. The lowest BCUT2D eigenvalue weighted by Crippen LogP contribution is -2.23. The molecule has 9 aromatic rings. The molecule has 0 aliphatic carbocycles. The number of aryl methyl sites for hydroxylation is 3. The summed E-state index contributed by atoms with van der Waals surface area (Å²) in [7, 11) is -2.70. The summed E-state index contributed by atoms with van der Waals surface area (Å²) < 4.78 is 150. The van der Waals surface area contributed by atoms with E-state index < -0.39 is 51.8 Å². The molecule has 0 saturated carbocycles. The molecule has 9 aromatic heterocycles. The summed E-state index contributed by atoms with van der Waals surface area (Å²) in [5.41, 5.74) is 4.50. The number of halogens is 9. The second kappa shape index (κ2) is 39.6. The first-order valence-corrected chi connectivity index (χ1v) is 40.7. The van der Waals surface area contributed by atoms with Crippen LogP contribution in [0.15, 0.2) is 92.6 Å². The zero-order valence-corrected chi connectivity index (χ0v) is 65.7. The highest BCUT2D eigenvalue weighted by atomic mass is 28.3. The molecule has 0 bridgehead atoms. The molecule has 0 aliphatic rings. The third kappa shape index (κ3) is 31.4. The van der Waals surface area contributed by atoms with Crippen LogP contribution in [0.5, 0.6) is 17.6 Å². The number of pyridine rings is 3. The highest BCUT2D eigenvalue weighted by molar-refractivity contribution is 6.76. The number of rotatable bonds is 22. The normalized spacial score (nSPS) is 11.8. The maximum absolute atomic E-state index is 13.6. The second-order valence-electron chi connectivity index (χ2n) is 30.3. The molecule has 0 spiro atoms. The molecule has 0 aromatic carbocycles. The fourth-order valence-electron chi connectivity index (χ4n) is 8.72. The van der Waals surface area contributed by atoms with E-state index >= 15 is 0 Å². The van der Waals surface area contributed by atoms with Gasteiger partial charge in [0.05, 0.1) is 86.5 Å². The lowest BCUT2D eigenvalue weighted by molar-refractivity contribution is -0.193. The van der Waals surface area contributed by atoms with Gasteiger partial charge in [0, 0.05) is 89.0 Å². The molecule has 9 heterocycles. The Labute approximate surface area is 626 Å². The van der Waals surface area contributed by atoms with E-state index in [0.717, 1.165) is 68.6 Å². The minimum atomic E-state index is -4.58. The van der Waals surface area contributed by atoms with Crippen LogP contribution < -0.4 is 14.2 Å². The Morgan fingerprint density at radius 2 is 0.761 bits per heavy atom. The first kappa shape index (κ1) is 91.0. The van der Waals surface area contributed by atoms with Crippen LogP contribution in [-0.4, -0.2) is 142 Å². The third-order valence-electron chi connectivity index (χ3n) is 14.2. The Morgan fingerprint density at radius 3 is 1.07 bits per heavy atom.